The molecule has 2 aromatic carbocycles. The SMILES string of the molecule is N#Cc1ccc(C(=O)NCCCCN2CC3COc4ccc(C#N)cc4C3C2)cc1. The highest BCUT2D eigenvalue weighted by Gasteiger charge is 2.38. The second-order valence-corrected chi connectivity index (χ2v) is 7.95. The van der Waals surface area contributed by atoms with Gasteiger partial charge in [0.2, 0.25) is 0 Å². The van der Waals surface area contributed by atoms with Crippen LogP contribution in [0.4, 0.5) is 0 Å². The molecule has 0 saturated carbocycles. The van der Waals surface area contributed by atoms with Crippen LogP contribution in [0.3, 0.4) is 0 Å². The number of likely N-dealkylation sites (tertiary alicyclic amines) is 1. The van der Waals surface area contributed by atoms with Gasteiger partial charge in [-0.05, 0) is 61.9 Å². The van der Waals surface area contributed by atoms with Crippen molar-refractivity contribution >= 4 is 5.91 Å². The monoisotopic (exact) mass is 400 g/mol. The topological polar surface area (TPSA) is 89.2 Å². The Morgan fingerprint density at radius 3 is 2.60 bits per heavy atom. The molecule has 1 saturated heterocycles. The van der Waals surface area contributed by atoms with E-state index in [-0.39, 0.29) is 5.91 Å². The molecule has 0 aliphatic carbocycles. The predicted octanol–water partition coefficient (Wildman–Crippen LogP) is 3.05. The number of fused-ring (bicyclic) bond motifs is 3. The lowest BCUT2D eigenvalue weighted by molar-refractivity contribution is 0.0952. The molecule has 2 aromatic rings. The highest BCUT2D eigenvalue weighted by Crippen LogP contribution is 2.41. The summed E-state index contributed by atoms with van der Waals surface area (Å²) in [5.41, 5.74) is 2.99. The molecule has 6 nitrogen and oxygen atoms in total. The fourth-order valence-electron chi connectivity index (χ4n) is 4.36. The van der Waals surface area contributed by atoms with E-state index < -0.39 is 0 Å². The average molecular weight is 400 g/mol. The summed E-state index contributed by atoms with van der Waals surface area (Å²) in [5.74, 6) is 1.72. The first-order chi connectivity index (χ1) is 14.7. The number of amides is 1. The van der Waals surface area contributed by atoms with Gasteiger partial charge in [-0.1, -0.05) is 0 Å². The van der Waals surface area contributed by atoms with Gasteiger partial charge < -0.3 is 15.0 Å². The van der Waals surface area contributed by atoms with Gasteiger partial charge in [0.15, 0.2) is 0 Å². The quantitative estimate of drug-likeness (QED) is 0.753. The number of hydrogen-bond acceptors (Lipinski definition) is 5. The fourth-order valence-corrected chi connectivity index (χ4v) is 4.36. The van der Waals surface area contributed by atoms with Crippen LogP contribution in [-0.2, 0) is 0 Å². The third kappa shape index (κ3) is 4.30. The molecule has 4 rings (SSSR count). The van der Waals surface area contributed by atoms with Crippen LogP contribution in [0.15, 0.2) is 42.5 Å². The van der Waals surface area contributed by atoms with E-state index in [9.17, 15) is 10.1 Å². The predicted molar refractivity (Wildman–Crippen MR) is 112 cm³/mol. The van der Waals surface area contributed by atoms with E-state index in [1.807, 2.05) is 18.2 Å². The summed E-state index contributed by atoms with van der Waals surface area (Å²) in [4.78, 5) is 14.6. The Morgan fingerprint density at radius 2 is 1.83 bits per heavy atom. The van der Waals surface area contributed by atoms with Crippen molar-refractivity contribution < 1.29 is 9.53 Å². The molecule has 1 amide bonds. The zero-order chi connectivity index (χ0) is 20.9. The maximum atomic E-state index is 12.2. The van der Waals surface area contributed by atoms with Crippen LogP contribution in [-0.4, -0.2) is 43.6 Å². The Labute approximate surface area is 176 Å². The fraction of sp³-hybridized carbons (Fsp3) is 0.375. The molecule has 0 bridgehead atoms. The van der Waals surface area contributed by atoms with Crippen molar-refractivity contribution in [3.63, 3.8) is 0 Å². The first kappa shape index (κ1) is 19.9. The second-order valence-electron chi connectivity index (χ2n) is 7.95. The Bertz CT molecular complexity index is 1000. The van der Waals surface area contributed by atoms with Crippen LogP contribution in [0.1, 0.15) is 45.8 Å². The third-order valence-corrected chi connectivity index (χ3v) is 5.97. The summed E-state index contributed by atoms with van der Waals surface area (Å²) in [7, 11) is 0. The van der Waals surface area contributed by atoms with Crippen LogP contribution in [0.5, 0.6) is 5.75 Å². The lowest BCUT2D eigenvalue weighted by atomic mass is 9.86. The first-order valence-electron chi connectivity index (χ1n) is 10.4. The molecule has 0 radical (unpaired) electrons. The minimum atomic E-state index is -0.103. The van der Waals surface area contributed by atoms with Gasteiger partial charge in [0, 0.05) is 42.6 Å². The summed E-state index contributed by atoms with van der Waals surface area (Å²) in [6.45, 7) is 4.37. The highest BCUT2D eigenvalue weighted by molar-refractivity contribution is 5.94. The molecule has 2 unspecified atom stereocenters. The standard InChI is InChI=1S/C24H24N4O2/c25-12-17-3-6-19(7-4-17)24(29)27-9-1-2-10-28-14-20-16-30-23-8-5-18(13-26)11-21(23)22(20)15-28/h3-8,11,20,22H,1-2,9-10,14-16H2,(H,27,29). The minimum absolute atomic E-state index is 0.103. The molecular weight excluding hydrogens is 376 g/mol. The zero-order valence-electron chi connectivity index (χ0n) is 16.8. The number of nitrogens with one attached hydrogen (secondary N) is 1. The van der Waals surface area contributed by atoms with Gasteiger partial charge in [0.1, 0.15) is 5.75 Å². The summed E-state index contributed by atoms with van der Waals surface area (Å²) >= 11 is 0. The summed E-state index contributed by atoms with van der Waals surface area (Å²) in [5, 5.41) is 21.0. The molecule has 1 fully saturated rings. The van der Waals surface area contributed by atoms with Gasteiger partial charge in [-0.3, -0.25) is 4.79 Å². The van der Waals surface area contributed by atoms with E-state index in [1.54, 1.807) is 24.3 Å². The molecule has 1 N–H and O–H groups in total. The van der Waals surface area contributed by atoms with Gasteiger partial charge in [0.25, 0.3) is 5.91 Å². The number of benzene rings is 2. The maximum absolute atomic E-state index is 12.2. The smallest absolute Gasteiger partial charge is 0.251 e. The van der Waals surface area contributed by atoms with Gasteiger partial charge in [0.05, 0.1) is 29.9 Å². The maximum Gasteiger partial charge on any atom is 0.251 e. The van der Waals surface area contributed by atoms with Crippen molar-refractivity contribution in [1.82, 2.24) is 10.2 Å². The molecule has 2 atom stereocenters. The van der Waals surface area contributed by atoms with Gasteiger partial charge >= 0.3 is 0 Å². The third-order valence-electron chi connectivity index (χ3n) is 5.97. The number of carbonyl (C=O) groups excluding carboxylic acids is 1. The van der Waals surface area contributed by atoms with E-state index in [2.05, 4.69) is 22.4 Å². The molecule has 2 heterocycles. The molecular formula is C24H24N4O2. The number of carbonyl (C=O) groups is 1. The van der Waals surface area contributed by atoms with Gasteiger partial charge in [-0.15, -0.1) is 0 Å². The Hall–Kier alpha value is -3.35. The van der Waals surface area contributed by atoms with Crippen molar-refractivity contribution in [3.8, 4) is 17.9 Å². The molecule has 152 valence electrons. The lowest BCUT2D eigenvalue weighted by Gasteiger charge is -2.27. The normalized spacial score (nSPS) is 19.7. The number of nitriles is 2. The molecule has 30 heavy (non-hydrogen) atoms. The number of ether oxygens (including phenoxy) is 1. The lowest BCUT2D eigenvalue weighted by Crippen LogP contribution is -2.27. The van der Waals surface area contributed by atoms with Gasteiger partial charge in [-0.2, -0.15) is 10.5 Å². The first-order valence-corrected chi connectivity index (χ1v) is 10.4. The molecule has 2 aliphatic rings. The molecule has 0 aromatic heterocycles. The van der Waals surface area contributed by atoms with Crippen molar-refractivity contribution in [1.29, 1.82) is 10.5 Å². The van der Waals surface area contributed by atoms with E-state index in [0.717, 1.165) is 44.8 Å². The summed E-state index contributed by atoms with van der Waals surface area (Å²) < 4.78 is 5.91. The summed E-state index contributed by atoms with van der Waals surface area (Å²) in [6, 6.07) is 16.7. The van der Waals surface area contributed by atoms with Crippen LogP contribution >= 0.6 is 0 Å². The van der Waals surface area contributed by atoms with Crippen LogP contribution < -0.4 is 10.1 Å². The number of rotatable bonds is 6. The van der Waals surface area contributed by atoms with Crippen molar-refractivity contribution in [3.05, 3.63) is 64.7 Å². The highest BCUT2D eigenvalue weighted by atomic mass is 16.5. The number of unbranched alkanes of at least 4 members (excludes halogenated alkanes) is 1. The second kappa shape index (κ2) is 8.98. The van der Waals surface area contributed by atoms with Crippen molar-refractivity contribution in [2.45, 2.75) is 18.8 Å². The van der Waals surface area contributed by atoms with Crippen LogP contribution in [0.2, 0.25) is 0 Å². The summed E-state index contributed by atoms with van der Waals surface area (Å²) in [6.07, 6.45) is 1.93. The van der Waals surface area contributed by atoms with Gasteiger partial charge in [-0.25, -0.2) is 0 Å². The molecule has 6 heteroatoms. The molecule has 2 aliphatic heterocycles. The molecule has 0 spiro atoms. The van der Waals surface area contributed by atoms with E-state index in [4.69, 9.17) is 10.00 Å². The largest absolute Gasteiger partial charge is 0.493 e. The van der Waals surface area contributed by atoms with E-state index >= 15 is 0 Å². The Balaban J connectivity index is 1.22. The minimum Gasteiger partial charge on any atom is -0.493 e. The van der Waals surface area contributed by atoms with E-state index in [0.29, 0.717) is 35.1 Å². The number of hydrogen-bond donors (Lipinski definition) is 1. The Kier molecular flexibility index (Phi) is 5.97. The van der Waals surface area contributed by atoms with Crippen LogP contribution in [0.25, 0.3) is 0 Å². The zero-order valence-corrected chi connectivity index (χ0v) is 16.8. The number of nitrogens with zero attached hydrogens (tertiary/aromatic N) is 3. The average Bonchev–Trinajstić information content (AvgIpc) is 3.22. The van der Waals surface area contributed by atoms with E-state index in [1.165, 1.54) is 5.56 Å². The van der Waals surface area contributed by atoms with Crippen molar-refractivity contribution in [2.24, 2.45) is 5.92 Å². The van der Waals surface area contributed by atoms with Crippen molar-refractivity contribution in [2.75, 3.05) is 32.8 Å². The Morgan fingerprint density at radius 1 is 1.07 bits per heavy atom. The van der Waals surface area contributed by atoms with Crippen LogP contribution in [0, 0.1) is 28.6 Å².